The van der Waals surface area contributed by atoms with Crippen LogP contribution in [0.5, 0.6) is 0 Å². The largest absolute Gasteiger partial charge is 0.295 e. The molecule has 3 aromatic rings. The van der Waals surface area contributed by atoms with E-state index in [1.165, 1.54) is 12.1 Å². The van der Waals surface area contributed by atoms with Gasteiger partial charge in [0, 0.05) is 17.8 Å². The Kier molecular flexibility index (Phi) is 4.77. The molecule has 130 valence electrons. The molecule has 9 heteroatoms. The average Bonchev–Trinajstić information content (AvgIpc) is 2.79. The molecule has 1 aromatic carbocycles. The van der Waals surface area contributed by atoms with Crippen LogP contribution in [0, 0.1) is 13.8 Å². The number of aromatic nitrogens is 3. The van der Waals surface area contributed by atoms with Gasteiger partial charge >= 0.3 is 0 Å². The minimum atomic E-state index is -0.353. The van der Waals surface area contributed by atoms with E-state index in [-0.39, 0.29) is 5.91 Å². The first kappa shape index (κ1) is 17.8. The second-order valence-electron chi connectivity index (χ2n) is 5.54. The Morgan fingerprint density at radius 3 is 2.40 bits per heavy atom. The molecule has 1 amide bonds. The van der Waals surface area contributed by atoms with E-state index in [0.29, 0.717) is 43.0 Å². The van der Waals surface area contributed by atoms with E-state index < -0.39 is 0 Å². The van der Waals surface area contributed by atoms with E-state index >= 15 is 0 Å². The number of amides is 1. The number of nitrogens with zero attached hydrogens (tertiary/aromatic N) is 3. The van der Waals surface area contributed by atoms with E-state index in [1.54, 1.807) is 17.8 Å². The summed E-state index contributed by atoms with van der Waals surface area (Å²) in [5.74, 6) is -0.353. The van der Waals surface area contributed by atoms with Gasteiger partial charge in [-0.05, 0) is 32.0 Å². The van der Waals surface area contributed by atoms with Crippen LogP contribution in [-0.2, 0) is 7.05 Å². The zero-order valence-corrected chi connectivity index (χ0v) is 15.9. The van der Waals surface area contributed by atoms with Crippen molar-refractivity contribution in [2.24, 2.45) is 7.05 Å². The monoisotopic (exact) mass is 397 g/mol. The van der Waals surface area contributed by atoms with Crippen molar-refractivity contribution >= 4 is 57.4 Å². The number of rotatable bonds is 3. The van der Waals surface area contributed by atoms with E-state index in [1.807, 2.05) is 13.8 Å². The zero-order chi connectivity index (χ0) is 18.3. The Balaban J connectivity index is 1.94. The average molecular weight is 399 g/mol. The summed E-state index contributed by atoms with van der Waals surface area (Å²) in [5, 5.41) is 6.02. The van der Waals surface area contributed by atoms with Crippen molar-refractivity contribution in [1.29, 1.82) is 0 Å². The third-order valence-corrected chi connectivity index (χ3v) is 4.46. The number of hydrogen-bond acceptors (Lipinski definition) is 4. The lowest BCUT2D eigenvalue weighted by Crippen LogP contribution is -2.30. The van der Waals surface area contributed by atoms with Crippen LogP contribution in [0.4, 0.5) is 5.69 Å². The van der Waals surface area contributed by atoms with Crippen molar-refractivity contribution in [2.45, 2.75) is 13.8 Å². The highest BCUT2D eigenvalue weighted by molar-refractivity contribution is 6.41. The molecule has 0 saturated heterocycles. The molecule has 6 nitrogen and oxygen atoms in total. The number of nitrogens with one attached hydrogen (secondary N) is 2. The molecule has 0 radical (unpaired) electrons. The number of aryl methyl sites for hydroxylation is 3. The van der Waals surface area contributed by atoms with E-state index in [2.05, 4.69) is 20.9 Å². The van der Waals surface area contributed by atoms with Crippen molar-refractivity contribution in [3.05, 3.63) is 50.2 Å². The van der Waals surface area contributed by atoms with Gasteiger partial charge in [0.1, 0.15) is 0 Å². The summed E-state index contributed by atoms with van der Waals surface area (Å²) >= 11 is 18.1. The van der Waals surface area contributed by atoms with Gasteiger partial charge in [-0.3, -0.25) is 20.3 Å². The van der Waals surface area contributed by atoms with E-state index in [0.717, 1.165) is 5.69 Å². The molecule has 0 aliphatic heterocycles. The number of carbonyl (C=O) groups excluding carboxylic acids is 1. The normalized spacial score (nSPS) is 11.0. The molecular formula is C16H14Cl3N5O. The summed E-state index contributed by atoms with van der Waals surface area (Å²) in [7, 11) is 1.79. The lowest BCUT2D eigenvalue weighted by atomic mass is 10.1. The first-order chi connectivity index (χ1) is 11.8. The SMILES string of the molecule is Cc1cc(C(=O)NNc2c(Cl)cc(Cl)cc2Cl)c2c(C)nn(C)c2n1. The number of halogens is 3. The number of pyridine rings is 1. The fourth-order valence-electron chi connectivity index (χ4n) is 2.60. The fourth-order valence-corrected chi connectivity index (χ4v) is 3.51. The van der Waals surface area contributed by atoms with Crippen LogP contribution in [0.3, 0.4) is 0 Å². The minimum Gasteiger partial charge on any atom is -0.295 e. The highest BCUT2D eigenvalue weighted by Gasteiger charge is 2.18. The summed E-state index contributed by atoms with van der Waals surface area (Å²) in [6.45, 7) is 3.65. The number of hydrazine groups is 1. The number of benzene rings is 1. The van der Waals surface area contributed by atoms with Crippen molar-refractivity contribution < 1.29 is 4.79 Å². The summed E-state index contributed by atoms with van der Waals surface area (Å²) in [6.07, 6.45) is 0. The van der Waals surface area contributed by atoms with Crippen LogP contribution in [0.2, 0.25) is 15.1 Å². The number of anilines is 1. The second-order valence-corrected chi connectivity index (χ2v) is 6.79. The Morgan fingerprint density at radius 2 is 1.76 bits per heavy atom. The predicted molar refractivity (Wildman–Crippen MR) is 101 cm³/mol. The Bertz CT molecular complexity index is 976. The maximum Gasteiger partial charge on any atom is 0.270 e. The molecule has 2 heterocycles. The smallest absolute Gasteiger partial charge is 0.270 e. The second kappa shape index (κ2) is 6.71. The van der Waals surface area contributed by atoms with Gasteiger partial charge in [-0.2, -0.15) is 5.10 Å². The quantitative estimate of drug-likeness (QED) is 0.645. The molecule has 0 atom stereocenters. The third kappa shape index (κ3) is 3.38. The van der Waals surface area contributed by atoms with Crippen molar-refractivity contribution in [3.63, 3.8) is 0 Å². The van der Waals surface area contributed by atoms with Crippen LogP contribution >= 0.6 is 34.8 Å². The predicted octanol–water partition coefficient (Wildman–Crippen LogP) is 4.30. The maximum atomic E-state index is 12.7. The van der Waals surface area contributed by atoms with Gasteiger partial charge in [0.2, 0.25) is 0 Å². The molecule has 2 N–H and O–H groups in total. The molecule has 0 aliphatic carbocycles. The maximum absolute atomic E-state index is 12.7. The van der Waals surface area contributed by atoms with Gasteiger partial charge in [-0.15, -0.1) is 0 Å². The van der Waals surface area contributed by atoms with Gasteiger partial charge in [0.25, 0.3) is 5.91 Å². The molecule has 0 bridgehead atoms. The van der Waals surface area contributed by atoms with Gasteiger partial charge < -0.3 is 0 Å². The van der Waals surface area contributed by atoms with Crippen LogP contribution in [0.25, 0.3) is 11.0 Å². The van der Waals surface area contributed by atoms with Gasteiger partial charge in [0.05, 0.1) is 32.4 Å². The lowest BCUT2D eigenvalue weighted by Gasteiger charge is -2.13. The standard InChI is InChI=1S/C16H14Cl3N5O/c1-7-4-10(13-8(2)23-24(3)15(13)20-7)16(25)22-21-14-11(18)5-9(17)6-12(14)19/h4-6,21H,1-3H3,(H,22,25). The first-order valence-corrected chi connectivity index (χ1v) is 8.43. The zero-order valence-electron chi connectivity index (χ0n) is 13.6. The number of hydrogen-bond donors (Lipinski definition) is 2. The summed E-state index contributed by atoms with van der Waals surface area (Å²) < 4.78 is 1.65. The highest BCUT2D eigenvalue weighted by Crippen LogP contribution is 2.33. The Morgan fingerprint density at radius 1 is 1.12 bits per heavy atom. The summed E-state index contributed by atoms with van der Waals surface area (Å²) in [6, 6.07) is 4.77. The van der Waals surface area contributed by atoms with Crippen LogP contribution < -0.4 is 10.9 Å². The Hall–Kier alpha value is -2.02. The number of fused-ring (bicyclic) bond motifs is 1. The minimum absolute atomic E-state index is 0.298. The first-order valence-electron chi connectivity index (χ1n) is 7.29. The molecule has 0 spiro atoms. The third-order valence-electron chi connectivity index (χ3n) is 3.65. The topological polar surface area (TPSA) is 71.8 Å². The van der Waals surface area contributed by atoms with Crippen molar-refractivity contribution in [1.82, 2.24) is 20.2 Å². The van der Waals surface area contributed by atoms with Gasteiger partial charge in [-0.1, -0.05) is 34.8 Å². The Labute approximate surface area is 159 Å². The lowest BCUT2D eigenvalue weighted by molar-refractivity contribution is 0.0964. The molecular weight excluding hydrogens is 385 g/mol. The van der Waals surface area contributed by atoms with Crippen molar-refractivity contribution in [3.8, 4) is 0 Å². The van der Waals surface area contributed by atoms with Crippen molar-refractivity contribution in [2.75, 3.05) is 5.43 Å². The molecule has 0 saturated carbocycles. The molecule has 3 rings (SSSR count). The van der Waals surface area contributed by atoms with Crippen LogP contribution in [0.1, 0.15) is 21.7 Å². The molecule has 2 aromatic heterocycles. The molecule has 0 aliphatic rings. The van der Waals surface area contributed by atoms with E-state index in [9.17, 15) is 4.79 Å². The van der Waals surface area contributed by atoms with Crippen LogP contribution in [-0.4, -0.2) is 20.7 Å². The molecule has 0 fully saturated rings. The number of carbonyl (C=O) groups is 1. The van der Waals surface area contributed by atoms with Crippen LogP contribution in [0.15, 0.2) is 18.2 Å². The van der Waals surface area contributed by atoms with Gasteiger partial charge in [-0.25, -0.2) is 4.98 Å². The molecule has 0 unspecified atom stereocenters. The fraction of sp³-hybridized carbons (Fsp3) is 0.188. The van der Waals surface area contributed by atoms with Gasteiger partial charge in [0.15, 0.2) is 5.65 Å². The highest BCUT2D eigenvalue weighted by atomic mass is 35.5. The summed E-state index contributed by atoms with van der Waals surface area (Å²) in [5.41, 5.74) is 8.26. The van der Waals surface area contributed by atoms with E-state index in [4.69, 9.17) is 34.8 Å². The molecule has 25 heavy (non-hydrogen) atoms. The summed E-state index contributed by atoms with van der Waals surface area (Å²) in [4.78, 5) is 17.1.